The zero-order chi connectivity index (χ0) is 14.4. The Morgan fingerprint density at radius 1 is 1.16 bits per heavy atom. The van der Waals surface area contributed by atoms with Gasteiger partial charge in [0, 0.05) is 18.2 Å². The fraction of sp³-hybridized carbons (Fsp3) is 0.562. The second-order valence-electron chi connectivity index (χ2n) is 5.61. The van der Waals surface area contributed by atoms with Gasteiger partial charge in [0.15, 0.2) is 0 Å². The standard InChI is InChI=1S/C16H25NO2/c1-11(2)13-5-7-14(8-6-13)16(19)17-15(9-10-18)12(3)4/h5-8,11-12,15,18H,9-10H2,1-4H3,(H,17,19). The topological polar surface area (TPSA) is 49.3 Å². The summed E-state index contributed by atoms with van der Waals surface area (Å²) < 4.78 is 0. The molecular weight excluding hydrogens is 238 g/mol. The lowest BCUT2D eigenvalue weighted by Crippen LogP contribution is -2.39. The smallest absolute Gasteiger partial charge is 0.251 e. The molecule has 0 heterocycles. The molecule has 0 aliphatic carbocycles. The van der Waals surface area contributed by atoms with Gasteiger partial charge in [0.05, 0.1) is 0 Å². The van der Waals surface area contributed by atoms with Gasteiger partial charge >= 0.3 is 0 Å². The van der Waals surface area contributed by atoms with Crippen LogP contribution < -0.4 is 5.32 Å². The summed E-state index contributed by atoms with van der Waals surface area (Å²) in [5, 5.41) is 12.0. The summed E-state index contributed by atoms with van der Waals surface area (Å²) >= 11 is 0. The van der Waals surface area contributed by atoms with Gasteiger partial charge in [-0.05, 0) is 36.0 Å². The van der Waals surface area contributed by atoms with Crippen LogP contribution in [0.1, 0.15) is 56.0 Å². The van der Waals surface area contributed by atoms with Crippen LogP contribution in [0.2, 0.25) is 0 Å². The van der Waals surface area contributed by atoms with Crippen LogP contribution in [0.5, 0.6) is 0 Å². The first-order valence-electron chi connectivity index (χ1n) is 6.97. The summed E-state index contributed by atoms with van der Waals surface area (Å²) in [6.07, 6.45) is 0.591. The molecule has 1 amide bonds. The first-order valence-corrected chi connectivity index (χ1v) is 6.97. The fourth-order valence-electron chi connectivity index (χ4n) is 1.98. The molecule has 1 aromatic rings. The molecule has 1 atom stereocenters. The van der Waals surface area contributed by atoms with E-state index in [4.69, 9.17) is 5.11 Å². The number of aliphatic hydroxyl groups excluding tert-OH is 1. The highest BCUT2D eigenvalue weighted by atomic mass is 16.3. The number of carbonyl (C=O) groups is 1. The van der Waals surface area contributed by atoms with E-state index in [1.807, 2.05) is 38.1 Å². The van der Waals surface area contributed by atoms with E-state index in [0.717, 1.165) is 0 Å². The van der Waals surface area contributed by atoms with E-state index < -0.39 is 0 Å². The molecule has 0 saturated carbocycles. The monoisotopic (exact) mass is 263 g/mol. The largest absolute Gasteiger partial charge is 0.396 e. The average Bonchev–Trinajstić information content (AvgIpc) is 2.38. The number of amides is 1. The van der Waals surface area contributed by atoms with Gasteiger partial charge in [0.1, 0.15) is 0 Å². The zero-order valence-corrected chi connectivity index (χ0v) is 12.3. The fourth-order valence-corrected chi connectivity index (χ4v) is 1.98. The summed E-state index contributed by atoms with van der Waals surface area (Å²) in [6.45, 7) is 8.44. The number of rotatable bonds is 6. The Morgan fingerprint density at radius 3 is 2.16 bits per heavy atom. The molecule has 1 rings (SSSR count). The number of benzene rings is 1. The minimum Gasteiger partial charge on any atom is -0.396 e. The van der Waals surface area contributed by atoms with Crippen molar-refractivity contribution in [1.82, 2.24) is 5.32 Å². The van der Waals surface area contributed by atoms with Crippen molar-refractivity contribution in [3.05, 3.63) is 35.4 Å². The van der Waals surface area contributed by atoms with Gasteiger partial charge in [0.25, 0.3) is 5.91 Å². The third-order valence-electron chi connectivity index (χ3n) is 3.40. The first kappa shape index (κ1) is 15.7. The first-order chi connectivity index (χ1) is 8.95. The molecule has 106 valence electrons. The summed E-state index contributed by atoms with van der Waals surface area (Å²) in [5.41, 5.74) is 1.90. The van der Waals surface area contributed by atoms with E-state index in [9.17, 15) is 4.79 Å². The van der Waals surface area contributed by atoms with E-state index >= 15 is 0 Å². The number of aliphatic hydroxyl groups is 1. The molecule has 1 unspecified atom stereocenters. The van der Waals surface area contributed by atoms with Crippen molar-refractivity contribution in [3.63, 3.8) is 0 Å². The van der Waals surface area contributed by atoms with E-state index in [1.54, 1.807) is 0 Å². The molecule has 0 spiro atoms. The van der Waals surface area contributed by atoms with Gasteiger partial charge in [-0.15, -0.1) is 0 Å². The molecule has 19 heavy (non-hydrogen) atoms. The third kappa shape index (κ3) is 4.67. The van der Waals surface area contributed by atoms with Crippen LogP contribution in [0.3, 0.4) is 0 Å². The second kappa shape index (κ2) is 7.29. The Hall–Kier alpha value is -1.35. The molecule has 0 saturated heterocycles. The van der Waals surface area contributed by atoms with Crippen molar-refractivity contribution >= 4 is 5.91 Å². The second-order valence-corrected chi connectivity index (χ2v) is 5.61. The molecule has 3 nitrogen and oxygen atoms in total. The lowest BCUT2D eigenvalue weighted by atomic mass is 9.99. The number of hydrogen-bond donors (Lipinski definition) is 2. The van der Waals surface area contributed by atoms with E-state index in [-0.39, 0.29) is 18.6 Å². The van der Waals surface area contributed by atoms with Crippen LogP contribution in [0, 0.1) is 5.92 Å². The minimum absolute atomic E-state index is 0.0160. The van der Waals surface area contributed by atoms with Crippen LogP contribution in [0.25, 0.3) is 0 Å². The number of nitrogens with one attached hydrogen (secondary N) is 1. The van der Waals surface area contributed by atoms with E-state index in [1.165, 1.54) is 5.56 Å². The van der Waals surface area contributed by atoms with Gasteiger partial charge in [-0.2, -0.15) is 0 Å². The molecule has 2 N–H and O–H groups in total. The Kier molecular flexibility index (Phi) is 6.03. The van der Waals surface area contributed by atoms with Crippen LogP contribution in [-0.2, 0) is 0 Å². The van der Waals surface area contributed by atoms with Gasteiger partial charge in [-0.3, -0.25) is 4.79 Å². The molecule has 0 aromatic heterocycles. The third-order valence-corrected chi connectivity index (χ3v) is 3.40. The van der Waals surface area contributed by atoms with Crippen LogP contribution in [-0.4, -0.2) is 23.7 Å². The van der Waals surface area contributed by atoms with E-state index in [0.29, 0.717) is 23.8 Å². The van der Waals surface area contributed by atoms with E-state index in [2.05, 4.69) is 19.2 Å². The van der Waals surface area contributed by atoms with Crippen LogP contribution >= 0.6 is 0 Å². The van der Waals surface area contributed by atoms with Crippen molar-refractivity contribution in [2.24, 2.45) is 5.92 Å². The zero-order valence-electron chi connectivity index (χ0n) is 12.3. The average molecular weight is 263 g/mol. The summed E-state index contributed by atoms with van der Waals surface area (Å²) in [6, 6.07) is 7.73. The normalized spacial score (nSPS) is 12.8. The minimum atomic E-state index is -0.0672. The summed E-state index contributed by atoms with van der Waals surface area (Å²) in [5.74, 6) is 0.711. The van der Waals surface area contributed by atoms with Crippen molar-refractivity contribution in [3.8, 4) is 0 Å². The lowest BCUT2D eigenvalue weighted by molar-refractivity contribution is 0.0916. The Balaban J connectivity index is 2.71. The molecule has 0 aliphatic heterocycles. The van der Waals surface area contributed by atoms with Crippen LogP contribution in [0.15, 0.2) is 24.3 Å². The molecule has 0 bridgehead atoms. The van der Waals surface area contributed by atoms with Gasteiger partial charge in [-0.1, -0.05) is 39.8 Å². The SMILES string of the molecule is CC(C)c1ccc(C(=O)NC(CCO)C(C)C)cc1. The number of carbonyl (C=O) groups excluding carboxylic acids is 1. The van der Waals surface area contributed by atoms with Crippen molar-refractivity contribution < 1.29 is 9.90 Å². The number of hydrogen-bond acceptors (Lipinski definition) is 2. The Labute approximate surface area is 116 Å². The van der Waals surface area contributed by atoms with Crippen molar-refractivity contribution in [2.75, 3.05) is 6.61 Å². The van der Waals surface area contributed by atoms with Gasteiger partial charge in [0.2, 0.25) is 0 Å². The van der Waals surface area contributed by atoms with Crippen molar-refractivity contribution in [2.45, 2.75) is 46.1 Å². The molecule has 0 radical (unpaired) electrons. The van der Waals surface area contributed by atoms with Gasteiger partial charge in [-0.25, -0.2) is 0 Å². The predicted molar refractivity (Wildman–Crippen MR) is 78.3 cm³/mol. The molecule has 3 heteroatoms. The quantitative estimate of drug-likeness (QED) is 0.829. The summed E-state index contributed by atoms with van der Waals surface area (Å²) in [4.78, 5) is 12.1. The maximum absolute atomic E-state index is 12.1. The Bertz CT molecular complexity index is 396. The molecule has 1 aromatic carbocycles. The highest BCUT2D eigenvalue weighted by Crippen LogP contribution is 2.15. The molecule has 0 aliphatic rings. The maximum atomic E-state index is 12.1. The highest BCUT2D eigenvalue weighted by molar-refractivity contribution is 5.94. The lowest BCUT2D eigenvalue weighted by Gasteiger charge is -2.21. The molecular formula is C16H25NO2. The predicted octanol–water partition coefficient (Wildman–Crippen LogP) is 2.95. The van der Waals surface area contributed by atoms with Gasteiger partial charge < -0.3 is 10.4 Å². The molecule has 0 fully saturated rings. The highest BCUT2D eigenvalue weighted by Gasteiger charge is 2.16. The Morgan fingerprint density at radius 2 is 1.74 bits per heavy atom. The van der Waals surface area contributed by atoms with Crippen LogP contribution in [0.4, 0.5) is 0 Å². The summed E-state index contributed by atoms with van der Waals surface area (Å²) in [7, 11) is 0. The maximum Gasteiger partial charge on any atom is 0.251 e. The van der Waals surface area contributed by atoms with Crippen molar-refractivity contribution in [1.29, 1.82) is 0 Å².